The lowest BCUT2D eigenvalue weighted by Gasteiger charge is -2.57. The van der Waals surface area contributed by atoms with Crippen LogP contribution in [0.15, 0.2) is 23.8 Å². The van der Waals surface area contributed by atoms with Crippen LogP contribution in [0.1, 0.15) is 72.1 Å². The van der Waals surface area contributed by atoms with E-state index in [2.05, 4.69) is 53.1 Å². The van der Waals surface area contributed by atoms with Crippen molar-refractivity contribution >= 4 is 14.3 Å². The monoisotopic (exact) mass is 374 g/mol. The highest BCUT2D eigenvalue weighted by atomic mass is 28.4. The van der Waals surface area contributed by atoms with E-state index in [4.69, 9.17) is 4.43 Å². The van der Waals surface area contributed by atoms with Crippen molar-refractivity contribution in [1.82, 2.24) is 0 Å². The maximum absolute atomic E-state index is 13.2. The standard InChI is InChI=1S/C23H38O2Si/c1-8-21(2)15-12-18-17(16-21)10-11-19-22(18,3)13-9-14-23(19,4)20(24)25-26(5,6)7/h8,19H,1,9-16H2,2-7H3/t19?,21-,22+,23+/m0/s1. The summed E-state index contributed by atoms with van der Waals surface area (Å²) in [6.45, 7) is 17.5. The third-order valence-corrected chi connectivity index (χ3v) is 8.50. The Labute approximate surface area is 161 Å². The molecule has 3 rings (SSSR count). The summed E-state index contributed by atoms with van der Waals surface area (Å²) in [5.74, 6) is 0.516. The minimum atomic E-state index is -1.86. The Morgan fingerprint density at radius 2 is 1.85 bits per heavy atom. The van der Waals surface area contributed by atoms with Gasteiger partial charge < -0.3 is 4.43 Å². The summed E-state index contributed by atoms with van der Waals surface area (Å²) in [4.78, 5) is 13.2. The molecule has 0 aromatic carbocycles. The Morgan fingerprint density at radius 1 is 1.15 bits per heavy atom. The smallest absolute Gasteiger partial charge is 0.298 e. The van der Waals surface area contributed by atoms with E-state index in [0.29, 0.717) is 5.92 Å². The zero-order valence-electron chi connectivity index (χ0n) is 17.8. The van der Waals surface area contributed by atoms with Gasteiger partial charge in [0.25, 0.3) is 5.97 Å². The number of hydrogen-bond donors (Lipinski definition) is 0. The molecule has 0 heterocycles. The molecule has 1 saturated carbocycles. The van der Waals surface area contributed by atoms with Gasteiger partial charge in [-0.3, -0.25) is 4.79 Å². The van der Waals surface area contributed by atoms with Gasteiger partial charge in [0.2, 0.25) is 8.32 Å². The summed E-state index contributed by atoms with van der Waals surface area (Å²) in [7, 11) is -1.86. The average molecular weight is 375 g/mol. The SMILES string of the molecule is C=C[C@@]1(C)CCC2=C(CCC3[C@](C)(C(=O)O[Si](C)(C)C)CCC[C@]23C)C1. The van der Waals surface area contributed by atoms with Gasteiger partial charge >= 0.3 is 0 Å². The highest BCUT2D eigenvalue weighted by molar-refractivity contribution is 6.71. The summed E-state index contributed by atoms with van der Waals surface area (Å²) >= 11 is 0. The van der Waals surface area contributed by atoms with Gasteiger partial charge in [0, 0.05) is 0 Å². The predicted molar refractivity (Wildman–Crippen MR) is 111 cm³/mol. The van der Waals surface area contributed by atoms with Crippen molar-refractivity contribution in [3.8, 4) is 0 Å². The molecule has 0 aromatic rings. The van der Waals surface area contributed by atoms with E-state index >= 15 is 0 Å². The fourth-order valence-corrected chi connectivity index (χ4v) is 6.99. The van der Waals surface area contributed by atoms with Crippen molar-refractivity contribution in [2.24, 2.45) is 22.2 Å². The molecule has 0 amide bonds. The van der Waals surface area contributed by atoms with Gasteiger partial charge in [0.1, 0.15) is 0 Å². The van der Waals surface area contributed by atoms with E-state index in [9.17, 15) is 4.79 Å². The zero-order chi connectivity index (χ0) is 19.4. The molecule has 2 nitrogen and oxygen atoms in total. The highest BCUT2D eigenvalue weighted by Gasteiger charge is 2.57. The van der Waals surface area contributed by atoms with E-state index in [-0.39, 0.29) is 22.2 Å². The Hall–Kier alpha value is -0.833. The van der Waals surface area contributed by atoms with Crippen LogP contribution in [-0.4, -0.2) is 14.3 Å². The van der Waals surface area contributed by atoms with Crippen molar-refractivity contribution in [2.45, 2.75) is 91.8 Å². The van der Waals surface area contributed by atoms with Crippen LogP contribution in [0.3, 0.4) is 0 Å². The van der Waals surface area contributed by atoms with Crippen molar-refractivity contribution in [3.63, 3.8) is 0 Å². The third-order valence-electron chi connectivity index (χ3n) is 7.70. The van der Waals surface area contributed by atoms with Crippen LogP contribution in [0.2, 0.25) is 19.6 Å². The maximum atomic E-state index is 13.2. The first-order valence-corrected chi connectivity index (χ1v) is 13.9. The van der Waals surface area contributed by atoms with Crippen LogP contribution >= 0.6 is 0 Å². The van der Waals surface area contributed by atoms with Crippen LogP contribution in [0.5, 0.6) is 0 Å². The molecular formula is C23H38O2Si. The second kappa shape index (κ2) is 6.36. The topological polar surface area (TPSA) is 26.3 Å². The zero-order valence-corrected chi connectivity index (χ0v) is 18.8. The fourth-order valence-electron chi connectivity index (χ4n) is 6.20. The largest absolute Gasteiger partial charge is 0.519 e. The summed E-state index contributed by atoms with van der Waals surface area (Å²) in [5, 5.41) is 0. The van der Waals surface area contributed by atoms with Gasteiger partial charge in [-0.05, 0) is 88.3 Å². The minimum absolute atomic E-state index is 0.0865. The van der Waals surface area contributed by atoms with Gasteiger partial charge in [-0.1, -0.05) is 37.5 Å². The summed E-state index contributed by atoms with van der Waals surface area (Å²) in [6.07, 6.45) is 11.4. The highest BCUT2D eigenvalue weighted by Crippen LogP contribution is 2.63. The number of carbonyl (C=O) groups excluding carboxylic acids is 1. The van der Waals surface area contributed by atoms with Gasteiger partial charge in [-0.15, -0.1) is 6.58 Å². The van der Waals surface area contributed by atoms with Gasteiger partial charge in [0.15, 0.2) is 0 Å². The normalized spacial score (nSPS) is 40.5. The lowest BCUT2D eigenvalue weighted by molar-refractivity contribution is -0.157. The molecule has 4 atom stereocenters. The summed E-state index contributed by atoms with van der Waals surface area (Å²) < 4.78 is 6.03. The molecule has 1 unspecified atom stereocenters. The van der Waals surface area contributed by atoms with Crippen molar-refractivity contribution in [1.29, 1.82) is 0 Å². The van der Waals surface area contributed by atoms with Crippen molar-refractivity contribution in [2.75, 3.05) is 0 Å². The second-order valence-corrected chi connectivity index (χ2v) is 15.3. The number of rotatable bonds is 3. The van der Waals surface area contributed by atoms with E-state index in [0.717, 1.165) is 25.7 Å². The van der Waals surface area contributed by atoms with E-state index < -0.39 is 8.32 Å². The molecule has 3 aliphatic carbocycles. The van der Waals surface area contributed by atoms with Crippen LogP contribution in [0, 0.1) is 22.2 Å². The molecule has 146 valence electrons. The molecule has 0 bridgehead atoms. The predicted octanol–water partition coefficient (Wildman–Crippen LogP) is 6.64. The Bertz CT molecular complexity index is 643. The fraction of sp³-hybridized carbons (Fsp3) is 0.783. The molecule has 0 radical (unpaired) electrons. The lowest BCUT2D eigenvalue weighted by atomic mass is 9.47. The van der Waals surface area contributed by atoms with Crippen LogP contribution in [0.4, 0.5) is 0 Å². The van der Waals surface area contributed by atoms with Crippen molar-refractivity contribution < 1.29 is 9.22 Å². The van der Waals surface area contributed by atoms with Gasteiger partial charge in [-0.2, -0.15) is 0 Å². The molecule has 0 aromatic heterocycles. The molecular weight excluding hydrogens is 336 g/mol. The molecule has 26 heavy (non-hydrogen) atoms. The number of fused-ring (bicyclic) bond motifs is 2. The number of hydrogen-bond acceptors (Lipinski definition) is 2. The van der Waals surface area contributed by atoms with E-state index in [1.165, 1.54) is 25.7 Å². The quantitative estimate of drug-likeness (QED) is 0.408. The molecule has 1 fully saturated rings. The Kier molecular flexibility index (Phi) is 4.87. The van der Waals surface area contributed by atoms with Crippen LogP contribution < -0.4 is 0 Å². The first-order chi connectivity index (χ1) is 11.9. The van der Waals surface area contributed by atoms with Gasteiger partial charge in [0.05, 0.1) is 5.41 Å². The van der Waals surface area contributed by atoms with Gasteiger partial charge in [-0.25, -0.2) is 0 Å². The third kappa shape index (κ3) is 3.25. The number of carbonyl (C=O) groups is 1. The molecule has 3 heteroatoms. The molecule has 0 spiro atoms. The van der Waals surface area contributed by atoms with E-state index in [1.807, 2.05) is 0 Å². The minimum Gasteiger partial charge on any atom is -0.519 e. The average Bonchev–Trinajstić information content (AvgIpc) is 2.52. The van der Waals surface area contributed by atoms with E-state index in [1.54, 1.807) is 11.1 Å². The van der Waals surface area contributed by atoms with Crippen LogP contribution in [-0.2, 0) is 9.22 Å². The first kappa shape index (κ1) is 19.9. The molecule has 0 aliphatic heterocycles. The van der Waals surface area contributed by atoms with Crippen LogP contribution in [0.25, 0.3) is 0 Å². The number of allylic oxidation sites excluding steroid dienone is 3. The maximum Gasteiger partial charge on any atom is 0.298 e. The molecule has 0 saturated heterocycles. The lowest BCUT2D eigenvalue weighted by Crippen LogP contribution is -2.53. The summed E-state index contributed by atoms with van der Waals surface area (Å²) in [6, 6.07) is 0. The second-order valence-electron chi connectivity index (χ2n) is 10.9. The summed E-state index contributed by atoms with van der Waals surface area (Å²) in [5.41, 5.74) is 3.50. The molecule has 0 N–H and O–H groups in total. The van der Waals surface area contributed by atoms with Crippen molar-refractivity contribution in [3.05, 3.63) is 23.8 Å². The molecule has 3 aliphatic rings. The Morgan fingerprint density at radius 3 is 2.46 bits per heavy atom. The Balaban J connectivity index is 1.94. The first-order valence-electron chi connectivity index (χ1n) is 10.5.